The van der Waals surface area contributed by atoms with Gasteiger partial charge in [-0.25, -0.2) is 4.68 Å². The molecule has 84 valence electrons. The maximum absolute atomic E-state index is 8.72. The van der Waals surface area contributed by atoms with Gasteiger partial charge < -0.3 is 0 Å². The Bertz CT molecular complexity index is 564. The minimum atomic E-state index is 0.478. The van der Waals surface area contributed by atoms with Crippen LogP contribution in [0, 0.1) is 11.3 Å². The summed E-state index contributed by atoms with van der Waals surface area (Å²) in [7, 11) is 0. The second-order valence-electron chi connectivity index (χ2n) is 3.88. The number of benzene rings is 1. The van der Waals surface area contributed by atoms with Gasteiger partial charge in [0.25, 0.3) is 0 Å². The quantitative estimate of drug-likeness (QED) is 0.825. The zero-order valence-electron chi connectivity index (χ0n) is 8.95. The highest BCUT2D eigenvalue weighted by atomic mass is 32.2. The molecule has 2 aromatic rings. The van der Waals surface area contributed by atoms with Crippen LogP contribution in [0.5, 0.6) is 0 Å². The van der Waals surface area contributed by atoms with Crippen LogP contribution in [-0.2, 0) is 0 Å². The van der Waals surface area contributed by atoms with Gasteiger partial charge in [0.2, 0.25) is 5.16 Å². The van der Waals surface area contributed by atoms with Gasteiger partial charge in [-0.05, 0) is 59.3 Å². The van der Waals surface area contributed by atoms with Crippen molar-refractivity contribution >= 4 is 11.8 Å². The Morgan fingerprint density at radius 3 is 2.71 bits per heavy atom. The van der Waals surface area contributed by atoms with Gasteiger partial charge in [-0.15, -0.1) is 5.10 Å². The van der Waals surface area contributed by atoms with Crippen molar-refractivity contribution in [2.75, 3.05) is 0 Å². The number of nitriles is 1. The SMILES string of the molecule is N#Cc1ccc(Sc2nnnn2C2CC2)cc1. The summed E-state index contributed by atoms with van der Waals surface area (Å²) in [5, 5.41) is 21.2. The van der Waals surface area contributed by atoms with Crippen molar-refractivity contribution < 1.29 is 0 Å². The smallest absolute Gasteiger partial charge is 0.214 e. The van der Waals surface area contributed by atoms with E-state index in [0.29, 0.717) is 11.6 Å². The summed E-state index contributed by atoms with van der Waals surface area (Å²) in [6.45, 7) is 0. The van der Waals surface area contributed by atoms with E-state index in [-0.39, 0.29) is 0 Å². The molecule has 3 rings (SSSR count). The molecule has 0 bridgehead atoms. The highest BCUT2D eigenvalue weighted by molar-refractivity contribution is 7.99. The maximum Gasteiger partial charge on any atom is 0.214 e. The van der Waals surface area contributed by atoms with Crippen LogP contribution in [0.15, 0.2) is 34.3 Å². The number of nitrogens with zero attached hydrogens (tertiary/aromatic N) is 5. The molecule has 0 aliphatic heterocycles. The summed E-state index contributed by atoms with van der Waals surface area (Å²) < 4.78 is 1.88. The van der Waals surface area contributed by atoms with E-state index >= 15 is 0 Å². The van der Waals surface area contributed by atoms with E-state index in [4.69, 9.17) is 5.26 Å². The van der Waals surface area contributed by atoms with E-state index in [2.05, 4.69) is 21.6 Å². The minimum absolute atomic E-state index is 0.478. The van der Waals surface area contributed by atoms with Gasteiger partial charge in [-0.2, -0.15) is 5.26 Å². The largest absolute Gasteiger partial charge is 0.217 e. The van der Waals surface area contributed by atoms with Gasteiger partial charge in [0.05, 0.1) is 17.7 Å². The lowest BCUT2D eigenvalue weighted by atomic mass is 10.2. The molecule has 0 N–H and O–H groups in total. The molecule has 0 saturated heterocycles. The first-order chi connectivity index (χ1) is 8.36. The molecule has 1 fully saturated rings. The predicted octanol–water partition coefficient (Wildman–Crippen LogP) is 2.03. The molecule has 6 heteroatoms. The number of rotatable bonds is 3. The van der Waals surface area contributed by atoms with Crippen molar-refractivity contribution in [2.24, 2.45) is 0 Å². The lowest BCUT2D eigenvalue weighted by Crippen LogP contribution is -1.98. The first-order valence-corrected chi connectivity index (χ1v) is 6.14. The Balaban J connectivity index is 1.81. The number of hydrogen-bond acceptors (Lipinski definition) is 5. The molecule has 0 radical (unpaired) electrons. The van der Waals surface area contributed by atoms with Crippen molar-refractivity contribution in [3.05, 3.63) is 29.8 Å². The third-order valence-corrected chi connectivity index (χ3v) is 3.51. The third kappa shape index (κ3) is 2.15. The normalized spacial score (nSPS) is 14.5. The Kier molecular flexibility index (Phi) is 2.53. The molecular formula is C11H9N5S. The topological polar surface area (TPSA) is 67.4 Å². The van der Waals surface area contributed by atoms with E-state index in [1.807, 2.05) is 16.8 Å². The predicted molar refractivity (Wildman–Crippen MR) is 61.4 cm³/mol. The summed E-state index contributed by atoms with van der Waals surface area (Å²) in [6.07, 6.45) is 2.32. The number of hydrogen-bond donors (Lipinski definition) is 0. The molecule has 1 aromatic heterocycles. The van der Waals surface area contributed by atoms with Crippen LogP contribution < -0.4 is 0 Å². The van der Waals surface area contributed by atoms with Crippen LogP contribution in [0.25, 0.3) is 0 Å². The van der Waals surface area contributed by atoms with Crippen LogP contribution >= 0.6 is 11.8 Å². The van der Waals surface area contributed by atoms with Crippen LogP contribution in [-0.4, -0.2) is 20.2 Å². The second kappa shape index (κ2) is 4.18. The van der Waals surface area contributed by atoms with Crippen LogP contribution in [0.4, 0.5) is 0 Å². The fraction of sp³-hybridized carbons (Fsp3) is 0.273. The fourth-order valence-electron chi connectivity index (χ4n) is 1.50. The molecule has 0 atom stereocenters. The summed E-state index contributed by atoms with van der Waals surface area (Å²) >= 11 is 1.53. The van der Waals surface area contributed by atoms with Gasteiger partial charge in [-0.1, -0.05) is 0 Å². The fourth-order valence-corrected chi connectivity index (χ4v) is 2.34. The number of tetrazole rings is 1. The van der Waals surface area contributed by atoms with E-state index in [1.54, 1.807) is 12.1 Å². The zero-order chi connectivity index (χ0) is 11.7. The van der Waals surface area contributed by atoms with Crippen LogP contribution in [0.1, 0.15) is 24.4 Å². The standard InChI is InChI=1S/C11H9N5S/c12-7-8-1-5-10(6-2-8)17-11-13-14-15-16(11)9-3-4-9/h1-2,5-6,9H,3-4H2. The monoisotopic (exact) mass is 243 g/mol. The van der Waals surface area contributed by atoms with Crippen LogP contribution in [0.2, 0.25) is 0 Å². The van der Waals surface area contributed by atoms with Gasteiger partial charge in [0.1, 0.15) is 0 Å². The molecular weight excluding hydrogens is 234 g/mol. The summed E-state index contributed by atoms with van der Waals surface area (Å²) in [6, 6.07) is 10.00. The molecule has 17 heavy (non-hydrogen) atoms. The molecule has 1 aliphatic carbocycles. The molecule has 5 nitrogen and oxygen atoms in total. The Morgan fingerprint density at radius 1 is 1.29 bits per heavy atom. The van der Waals surface area contributed by atoms with E-state index in [0.717, 1.165) is 22.9 Å². The van der Waals surface area contributed by atoms with Crippen molar-refractivity contribution in [1.29, 1.82) is 5.26 Å². The van der Waals surface area contributed by atoms with Gasteiger partial charge in [0, 0.05) is 4.90 Å². The lowest BCUT2D eigenvalue weighted by Gasteiger charge is -2.01. The summed E-state index contributed by atoms with van der Waals surface area (Å²) in [5.41, 5.74) is 0.663. The average Bonchev–Trinajstić information content (AvgIpc) is 3.11. The first kappa shape index (κ1) is 10.3. The van der Waals surface area contributed by atoms with E-state index in [9.17, 15) is 0 Å². The molecule has 1 saturated carbocycles. The first-order valence-electron chi connectivity index (χ1n) is 5.33. The molecule has 1 aliphatic rings. The highest BCUT2D eigenvalue weighted by Crippen LogP contribution is 2.37. The van der Waals surface area contributed by atoms with Gasteiger partial charge >= 0.3 is 0 Å². The van der Waals surface area contributed by atoms with Gasteiger partial charge in [0.15, 0.2) is 0 Å². The average molecular weight is 243 g/mol. The summed E-state index contributed by atoms with van der Waals surface area (Å²) in [4.78, 5) is 1.04. The Hall–Kier alpha value is -1.87. The third-order valence-electron chi connectivity index (χ3n) is 2.55. The van der Waals surface area contributed by atoms with Crippen molar-refractivity contribution in [1.82, 2.24) is 20.2 Å². The molecule has 0 spiro atoms. The van der Waals surface area contributed by atoms with Crippen molar-refractivity contribution in [2.45, 2.75) is 28.9 Å². The zero-order valence-corrected chi connectivity index (χ0v) is 9.76. The molecule has 1 heterocycles. The van der Waals surface area contributed by atoms with Crippen LogP contribution in [0.3, 0.4) is 0 Å². The Morgan fingerprint density at radius 2 is 2.06 bits per heavy atom. The van der Waals surface area contributed by atoms with Crippen molar-refractivity contribution in [3.63, 3.8) is 0 Å². The summed E-state index contributed by atoms with van der Waals surface area (Å²) in [5.74, 6) is 0. The van der Waals surface area contributed by atoms with E-state index < -0.39 is 0 Å². The Labute approximate surface area is 102 Å². The van der Waals surface area contributed by atoms with E-state index in [1.165, 1.54) is 11.8 Å². The maximum atomic E-state index is 8.72. The lowest BCUT2D eigenvalue weighted by molar-refractivity contribution is 0.565. The minimum Gasteiger partial charge on any atom is -0.217 e. The molecule has 0 unspecified atom stereocenters. The van der Waals surface area contributed by atoms with Crippen molar-refractivity contribution in [3.8, 4) is 6.07 Å². The highest BCUT2D eigenvalue weighted by Gasteiger charge is 2.27. The van der Waals surface area contributed by atoms with Gasteiger partial charge in [-0.3, -0.25) is 0 Å². The number of aromatic nitrogens is 4. The molecule has 1 aromatic carbocycles. The molecule has 0 amide bonds. The second-order valence-corrected chi connectivity index (χ2v) is 4.92.